The van der Waals surface area contributed by atoms with Gasteiger partial charge in [-0.1, -0.05) is 23.7 Å². The van der Waals surface area contributed by atoms with E-state index in [1.54, 1.807) is 6.20 Å². The van der Waals surface area contributed by atoms with Crippen molar-refractivity contribution in [2.45, 2.75) is 32.1 Å². The minimum atomic E-state index is 0.0466. The van der Waals surface area contributed by atoms with Gasteiger partial charge in [-0.2, -0.15) is 10.1 Å². The van der Waals surface area contributed by atoms with Crippen LogP contribution in [0.15, 0.2) is 36.8 Å². The third-order valence-electron chi connectivity index (χ3n) is 4.82. The van der Waals surface area contributed by atoms with E-state index < -0.39 is 0 Å². The standard InChI is InChI=1S/C19H17ClN4O2/c20-16-9-21-18-15-5-4-12(7-13(15)11-26-19(18)23-16)14-8-22-24(10-14)17-3-1-2-6-25-17/h4-5,7-10,17H,1-3,6,11H2. The molecule has 0 N–H and O–H groups in total. The summed E-state index contributed by atoms with van der Waals surface area (Å²) < 4.78 is 13.5. The largest absolute Gasteiger partial charge is 0.471 e. The van der Waals surface area contributed by atoms with E-state index in [4.69, 9.17) is 21.1 Å². The van der Waals surface area contributed by atoms with E-state index in [1.807, 2.05) is 10.9 Å². The lowest BCUT2D eigenvalue weighted by Crippen LogP contribution is -2.18. The van der Waals surface area contributed by atoms with Crippen LogP contribution in [0.1, 0.15) is 31.1 Å². The van der Waals surface area contributed by atoms with Gasteiger partial charge in [-0.25, -0.2) is 9.67 Å². The Bertz CT molecular complexity index is 966. The molecule has 1 fully saturated rings. The van der Waals surface area contributed by atoms with Crippen molar-refractivity contribution in [2.75, 3.05) is 6.61 Å². The van der Waals surface area contributed by atoms with Crippen molar-refractivity contribution < 1.29 is 9.47 Å². The van der Waals surface area contributed by atoms with E-state index >= 15 is 0 Å². The van der Waals surface area contributed by atoms with E-state index in [0.29, 0.717) is 17.6 Å². The average Bonchev–Trinajstić information content (AvgIpc) is 3.18. The molecule has 1 atom stereocenters. The van der Waals surface area contributed by atoms with Crippen LogP contribution in [0.25, 0.3) is 22.4 Å². The van der Waals surface area contributed by atoms with Crippen LogP contribution in [0.3, 0.4) is 0 Å². The monoisotopic (exact) mass is 368 g/mol. The van der Waals surface area contributed by atoms with Crippen molar-refractivity contribution in [1.82, 2.24) is 19.7 Å². The van der Waals surface area contributed by atoms with Gasteiger partial charge in [0.1, 0.15) is 18.5 Å². The fourth-order valence-corrected chi connectivity index (χ4v) is 3.61. The molecule has 1 saturated heterocycles. The highest BCUT2D eigenvalue weighted by Gasteiger charge is 2.22. The van der Waals surface area contributed by atoms with Crippen LogP contribution in [0.2, 0.25) is 5.15 Å². The molecule has 2 aliphatic heterocycles. The molecule has 0 aliphatic carbocycles. The molecule has 132 valence electrons. The zero-order chi connectivity index (χ0) is 17.5. The summed E-state index contributed by atoms with van der Waals surface area (Å²) in [6.07, 6.45) is 8.85. The molecule has 5 rings (SSSR count). The Morgan fingerprint density at radius 1 is 1.15 bits per heavy atom. The molecule has 6 nitrogen and oxygen atoms in total. The summed E-state index contributed by atoms with van der Waals surface area (Å²) in [6, 6.07) is 6.26. The Kier molecular flexibility index (Phi) is 3.87. The third-order valence-corrected chi connectivity index (χ3v) is 5.00. The normalized spacial score (nSPS) is 18.7. The Morgan fingerprint density at radius 2 is 2.12 bits per heavy atom. The SMILES string of the molecule is Clc1cnc2c(n1)OCc1cc(-c3cnn(C4CCCCO4)c3)ccc1-2. The first-order valence-electron chi connectivity index (χ1n) is 8.73. The van der Waals surface area contributed by atoms with Crippen molar-refractivity contribution in [2.24, 2.45) is 0 Å². The summed E-state index contributed by atoms with van der Waals surface area (Å²) in [6.45, 7) is 1.26. The lowest BCUT2D eigenvalue weighted by Gasteiger charge is -2.22. The number of benzene rings is 1. The molecule has 1 unspecified atom stereocenters. The first-order chi connectivity index (χ1) is 12.8. The number of nitrogens with zero attached hydrogens (tertiary/aromatic N) is 4. The maximum absolute atomic E-state index is 5.90. The molecular formula is C19H17ClN4O2. The number of rotatable bonds is 2. The minimum Gasteiger partial charge on any atom is -0.471 e. The molecule has 0 amide bonds. The first-order valence-corrected chi connectivity index (χ1v) is 9.10. The summed E-state index contributed by atoms with van der Waals surface area (Å²) in [5.74, 6) is 0.486. The summed E-state index contributed by atoms with van der Waals surface area (Å²) in [7, 11) is 0. The Labute approximate surface area is 155 Å². The molecule has 1 aromatic carbocycles. The minimum absolute atomic E-state index is 0.0466. The summed E-state index contributed by atoms with van der Waals surface area (Å²) in [5, 5.41) is 4.83. The van der Waals surface area contributed by atoms with Gasteiger partial charge in [-0.05, 0) is 36.5 Å². The van der Waals surface area contributed by atoms with Gasteiger partial charge in [-0.3, -0.25) is 0 Å². The average molecular weight is 369 g/mol. The molecule has 2 aliphatic rings. The summed E-state index contributed by atoms with van der Waals surface area (Å²) in [4.78, 5) is 8.58. The highest BCUT2D eigenvalue weighted by molar-refractivity contribution is 6.29. The molecule has 2 aromatic heterocycles. The maximum Gasteiger partial charge on any atom is 0.242 e. The van der Waals surface area contributed by atoms with Gasteiger partial charge in [0.25, 0.3) is 0 Å². The second-order valence-electron chi connectivity index (χ2n) is 6.54. The van der Waals surface area contributed by atoms with E-state index in [9.17, 15) is 0 Å². The topological polar surface area (TPSA) is 62.1 Å². The molecule has 0 bridgehead atoms. The van der Waals surface area contributed by atoms with Crippen LogP contribution in [0.4, 0.5) is 0 Å². The van der Waals surface area contributed by atoms with Gasteiger partial charge in [0.15, 0.2) is 5.15 Å². The molecule has 0 radical (unpaired) electrons. The highest BCUT2D eigenvalue weighted by Crippen LogP contribution is 2.37. The Balaban J connectivity index is 1.47. The lowest BCUT2D eigenvalue weighted by molar-refractivity contribution is -0.0394. The van der Waals surface area contributed by atoms with Gasteiger partial charge < -0.3 is 9.47 Å². The quantitative estimate of drug-likeness (QED) is 0.676. The lowest BCUT2D eigenvalue weighted by atomic mass is 9.98. The van der Waals surface area contributed by atoms with E-state index in [0.717, 1.165) is 47.4 Å². The van der Waals surface area contributed by atoms with Crippen LogP contribution in [-0.2, 0) is 11.3 Å². The Hall–Kier alpha value is -2.44. The second-order valence-corrected chi connectivity index (χ2v) is 6.92. The van der Waals surface area contributed by atoms with Crippen molar-refractivity contribution in [3.63, 3.8) is 0 Å². The van der Waals surface area contributed by atoms with Crippen molar-refractivity contribution in [3.8, 4) is 28.3 Å². The zero-order valence-corrected chi connectivity index (χ0v) is 14.8. The Morgan fingerprint density at radius 3 is 3.00 bits per heavy atom. The number of fused-ring (bicyclic) bond motifs is 3. The fourth-order valence-electron chi connectivity index (χ4n) is 3.48. The predicted molar refractivity (Wildman–Crippen MR) is 96.9 cm³/mol. The van der Waals surface area contributed by atoms with E-state index in [2.05, 4.69) is 39.5 Å². The predicted octanol–water partition coefficient (Wildman–Crippen LogP) is 4.25. The number of ether oxygens (including phenoxy) is 2. The molecule has 3 aromatic rings. The first kappa shape index (κ1) is 15.8. The summed E-state index contributed by atoms with van der Waals surface area (Å²) in [5.41, 5.74) is 5.00. The third kappa shape index (κ3) is 2.75. The van der Waals surface area contributed by atoms with Gasteiger partial charge in [0.2, 0.25) is 5.88 Å². The summed E-state index contributed by atoms with van der Waals surface area (Å²) >= 11 is 5.90. The van der Waals surface area contributed by atoms with Gasteiger partial charge >= 0.3 is 0 Å². The smallest absolute Gasteiger partial charge is 0.242 e. The van der Waals surface area contributed by atoms with Crippen molar-refractivity contribution in [1.29, 1.82) is 0 Å². The number of halogens is 1. The van der Waals surface area contributed by atoms with Gasteiger partial charge in [-0.15, -0.1) is 0 Å². The molecule has 26 heavy (non-hydrogen) atoms. The fraction of sp³-hybridized carbons (Fsp3) is 0.316. The van der Waals surface area contributed by atoms with Crippen molar-refractivity contribution in [3.05, 3.63) is 47.5 Å². The molecular weight excluding hydrogens is 352 g/mol. The number of aromatic nitrogens is 4. The molecule has 0 saturated carbocycles. The number of hydrogen-bond acceptors (Lipinski definition) is 5. The van der Waals surface area contributed by atoms with Crippen LogP contribution in [0, 0.1) is 0 Å². The highest BCUT2D eigenvalue weighted by atomic mass is 35.5. The van der Waals surface area contributed by atoms with Crippen LogP contribution in [0.5, 0.6) is 5.88 Å². The van der Waals surface area contributed by atoms with Crippen LogP contribution >= 0.6 is 11.6 Å². The van der Waals surface area contributed by atoms with E-state index in [1.165, 1.54) is 6.42 Å². The van der Waals surface area contributed by atoms with Gasteiger partial charge in [0, 0.05) is 23.9 Å². The van der Waals surface area contributed by atoms with Crippen LogP contribution in [-0.4, -0.2) is 26.4 Å². The number of hydrogen-bond donors (Lipinski definition) is 0. The zero-order valence-electron chi connectivity index (χ0n) is 14.1. The molecule has 4 heterocycles. The maximum atomic E-state index is 5.90. The van der Waals surface area contributed by atoms with Crippen LogP contribution < -0.4 is 4.74 Å². The second kappa shape index (κ2) is 6.37. The van der Waals surface area contributed by atoms with Crippen molar-refractivity contribution >= 4 is 11.6 Å². The van der Waals surface area contributed by atoms with E-state index in [-0.39, 0.29) is 6.23 Å². The molecule has 7 heteroatoms. The van der Waals surface area contributed by atoms with Gasteiger partial charge in [0.05, 0.1) is 12.4 Å². The molecule has 0 spiro atoms.